The third kappa shape index (κ3) is 4.05. The fraction of sp³-hybridized carbons (Fsp3) is 0.308. The summed E-state index contributed by atoms with van der Waals surface area (Å²) in [7, 11) is 0. The van der Waals surface area contributed by atoms with Gasteiger partial charge in [0.25, 0.3) is 0 Å². The third-order valence-corrected chi connectivity index (χ3v) is 3.03. The predicted molar refractivity (Wildman–Crippen MR) is 82.8 cm³/mol. The minimum atomic E-state index is -0.0317. The van der Waals surface area contributed by atoms with Crippen LogP contribution in [0.15, 0.2) is 22.7 Å². The van der Waals surface area contributed by atoms with E-state index in [0.29, 0.717) is 5.95 Å². The Morgan fingerprint density at radius 3 is 2.65 bits per heavy atom. The van der Waals surface area contributed by atoms with Crippen LogP contribution in [0, 0.1) is 6.92 Å². The number of nitrogens with zero attached hydrogens (tertiary/aromatic N) is 3. The highest BCUT2D eigenvalue weighted by Crippen LogP contribution is 2.23. The van der Waals surface area contributed by atoms with Crippen molar-refractivity contribution in [2.45, 2.75) is 26.9 Å². The van der Waals surface area contributed by atoms with E-state index in [4.69, 9.17) is 16.3 Å². The largest absolute Gasteiger partial charge is 0.461 e. The number of aromatic nitrogens is 3. The van der Waals surface area contributed by atoms with Crippen molar-refractivity contribution in [3.8, 4) is 6.01 Å². The molecule has 0 aliphatic heterocycles. The van der Waals surface area contributed by atoms with E-state index < -0.39 is 0 Å². The fourth-order valence-corrected chi connectivity index (χ4v) is 2.17. The van der Waals surface area contributed by atoms with E-state index in [1.807, 2.05) is 39.0 Å². The Balaban J connectivity index is 2.26. The van der Waals surface area contributed by atoms with E-state index in [0.717, 1.165) is 15.7 Å². The smallest absolute Gasteiger partial charge is 0.322 e. The molecule has 2 aromatic rings. The number of rotatable bonds is 4. The first-order valence-electron chi connectivity index (χ1n) is 6.05. The number of hydrogen-bond donors (Lipinski definition) is 1. The van der Waals surface area contributed by atoms with Crippen molar-refractivity contribution in [2.75, 3.05) is 5.32 Å². The summed E-state index contributed by atoms with van der Waals surface area (Å²) < 4.78 is 6.44. The summed E-state index contributed by atoms with van der Waals surface area (Å²) in [6, 6.07) is 6.07. The van der Waals surface area contributed by atoms with Crippen molar-refractivity contribution in [3.63, 3.8) is 0 Å². The highest BCUT2D eigenvalue weighted by Gasteiger charge is 2.09. The van der Waals surface area contributed by atoms with E-state index in [2.05, 4.69) is 36.2 Å². The van der Waals surface area contributed by atoms with Gasteiger partial charge < -0.3 is 10.1 Å². The van der Waals surface area contributed by atoms with E-state index in [1.54, 1.807) is 0 Å². The molecule has 1 aromatic heterocycles. The topological polar surface area (TPSA) is 59.9 Å². The standard InChI is InChI=1S/C13H14BrClN4O/c1-7(2)20-13-18-11(15)17-12(19-13)16-10-5-4-9(14)6-8(10)3/h4-7H,1-3H3,(H,16,17,18,19). The lowest BCUT2D eigenvalue weighted by Gasteiger charge is -2.11. The third-order valence-electron chi connectivity index (χ3n) is 2.36. The van der Waals surface area contributed by atoms with Crippen LogP contribution in [-0.2, 0) is 0 Å². The van der Waals surface area contributed by atoms with Crippen molar-refractivity contribution >= 4 is 39.2 Å². The molecule has 0 fully saturated rings. The van der Waals surface area contributed by atoms with E-state index in [9.17, 15) is 0 Å². The summed E-state index contributed by atoms with van der Waals surface area (Å²) in [4.78, 5) is 12.1. The van der Waals surface area contributed by atoms with E-state index >= 15 is 0 Å². The molecule has 2 rings (SSSR count). The number of halogens is 2. The van der Waals surface area contributed by atoms with Gasteiger partial charge >= 0.3 is 6.01 Å². The molecule has 20 heavy (non-hydrogen) atoms. The normalized spacial score (nSPS) is 10.7. The Morgan fingerprint density at radius 1 is 1.25 bits per heavy atom. The summed E-state index contributed by atoms with van der Waals surface area (Å²) in [5, 5.41) is 3.20. The molecule has 0 radical (unpaired) electrons. The number of aryl methyl sites for hydroxylation is 1. The molecular weight excluding hydrogens is 344 g/mol. The maximum absolute atomic E-state index is 5.87. The Labute approximate surface area is 130 Å². The van der Waals surface area contributed by atoms with Crippen LogP contribution in [-0.4, -0.2) is 21.1 Å². The molecule has 0 unspecified atom stereocenters. The Bertz CT molecular complexity index is 621. The van der Waals surface area contributed by atoms with Crippen molar-refractivity contribution in [3.05, 3.63) is 33.5 Å². The fourth-order valence-electron chi connectivity index (χ4n) is 1.54. The summed E-state index contributed by atoms with van der Waals surface area (Å²) in [6.07, 6.45) is -0.0317. The van der Waals surface area contributed by atoms with Gasteiger partial charge in [-0.15, -0.1) is 0 Å². The Hall–Kier alpha value is -1.40. The van der Waals surface area contributed by atoms with Gasteiger partial charge in [0, 0.05) is 10.2 Å². The lowest BCUT2D eigenvalue weighted by atomic mass is 10.2. The molecule has 7 heteroatoms. The molecule has 1 heterocycles. The molecular formula is C13H14BrClN4O. The van der Waals surface area contributed by atoms with Gasteiger partial charge in [-0.05, 0) is 56.1 Å². The summed E-state index contributed by atoms with van der Waals surface area (Å²) >= 11 is 9.30. The van der Waals surface area contributed by atoms with Gasteiger partial charge in [0.05, 0.1) is 6.10 Å². The first-order valence-corrected chi connectivity index (χ1v) is 7.22. The van der Waals surface area contributed by atoms with E-state index in [1.165, 1.54) is 0 Å². The monoisotopic (exact) mass is 356 g/mol. The second-order valence-electron chi connectivity index (χ2n) is 4.46. The highest BCUT2D eigenvalue weighted by atomic mass is 79.9. The summed E-state index contributed by atoms with van der Waals surface area (Å²) in [5.41, 5.74) is 1.95. The van der Waals surface area contributed by atoms with Crippen LogP contribution in [0.3, 0.4) is 0 Å². The highest BCUT2D eigenvalue weighted by molar-refractivity contribution is 9.10. The van der Waals surface area contributed by atoms with E-state index in [-0.39, 0.29) is 17.4 Å². The van der Waals surface area contributed by atoms with Crippen LogP contribution in [0.5, 0.6) is 6.01 Å². The first-order chi connectivity index (χ1) is 9.44. The van der Waals surface area contributed by atoms with Crippen LogP contribution < -0.4 is 10.1 Å². The average Bonchev–Trinajstić information content (AvgIpc) is 2.31. The van der Waals surface area contributed by atoms with Gasteiger partial charge in [0.1, 0.15) is 0 Å². The second-order valence-corrected chi connectivity index (χ2v) is 5.72. The van der Waals surface area contributed by atoms with Crippen molar-refractivity contribution < 1.29 is 4.74 Å². The Morgan fingerprint density at radius 2 is 2.00 bits per heavy atom. The quantitative estimate of drug-likeness (QED) is 0.891. The first kappa shape index (κ1) is 15.0. The van der Waals surface area contributed by atoms with Crippen LogP contribution in [0.1, 0.15) is 19.4 Å². The van der Waals surface area contributed by atoms with Crippen LogP contribution in [0.4, 0.5) is 11.6 Å². The molecule has 0 atom stereocenters. The van der Waals surface area contributed by atoms with Gasteiger partial charge in [-0.3, -0.25) is 0 Å². The summed E-state index contributed by atoms with van der Waals surface area (Å²) in [5.74, 6) is 0.353. The van der Waals surface area contributed by atoms with Gasteiger partial charge in [0.2, 0.25) is 11.2 Å². The molecule has 0 aliphatic rings. The zero-order valence-electron chi connectivity index (χ0n) is 11.3. The second kappa shape index (κ2) is 6.37. The maximum Gasteiger partial charge on any atom is 0.322 e. The molecule has 0 spiro atoms. The minimum absolute atomic E-state index is 0.0317. The molecule has 1 aromatic carbocycles. The number of benzene rings is 1. The van der Waals surface area contributed by atoms with Crippen LogP contribution in [0.2, 0.25) is 5.28 Å². The molecule has 0 saturated heterocycles. The van der Waals surface area contributed by atoms with Crippen molar-refractivity contribution in [2.24, 2.45) is 0 Å². The van der Waals surface area contributed by atoms with Gasteiger partial charge in [-0.25, -0.2) is 0 Å². The van der Waals surface area contributed by atoms with Crippen molar-refractivity contribution in [1.29, 1.82) is 0 Å². The van der Waals surface area contributed by atoms with Crippen molar-refractivity contribution in [1.82, 2.24) is 15.0 Å². The van der Waals surface area contributed by atoms with Gasteiger partial charge in [0.15, 0.2) is 0 Å². The number of ether oxygens (including phenoxy) is 1. The SMILES string of the molecule is Cc1cc(Br)ccc1Nc1nc(Cl)nc(OC(C)C)n1. The number of hydrogen-bond acceptors (Lipinski definition) is 5. The number of anilines is 2. The maximum atomic E-state index is 5.87. The minimum Gasteiger partial charge on any atom is -0.461 e. The molecule has 0 saturated carbocycles. The zero-order valence-corrected chi connectivity index (χ0v) is 13.7. The molecule has 0 aliphatic carbocycles. The van der Waals surface area contributed by atoms with Crippen LogP contribution >= 0.6 is 27.5 Å². The Kier molecular flexibility index (Phi) is 4.77. The van der Waals surface area contributed by atoms with Gasteiger partial charge in [-0.2, -0.15) is 15.0 Å². The molecule has 106 valence electrons. The molecule has 1 N–H and O–H groups in total. The molecule has 0 amide bonds. The van der Waals surface area contributed by atoms with Crippen LogP contribution in [0.25, 0.3) is 0 Å². The zero-order chi connectivity index (χ0) is 14.7. The number of nitrogens with one attached hydrogen (secondary N) is 1. The summed E-state index contributed by atoms with van der Waals surface area (Å²) in [6.45, 7) is 5.77. The lowest BCUT2D eigenvalue weighted by Crippen LogP contribution is -2.10. The van der Waals surface area contributed by atoms with Gasteiger partial charge in [-0.1, -0.05) is 15.9 Å². The molecule has 5 nitrogen and oxygen atoms in total. The molecule has 0 bridgehead atoms. The average molecular weight is 358 g/mol. The lowest BCUT2D eigenvalue weighted by molar-refractivity contribution is 0.222. The predicted octanol–water partition coefficient (Wildman–Crippen LogP) is 4.13.